The van der Waals surface area contributed by atoms with Crippen molar-refractivity contribution >= 4 is 3.21 Å². The standard InChI is InChI=1S/C7H9.C5H5.C3H6.Zr/c1-6-4-3-5-7(6)2;1-2-4-5-3-1;1-3-2;/h4H,3H2,1-2H3;1-3H,4H2;1-2H3;/q2*-1;;+2. The Morgan fingerprint density at radius 1 is 1.25 bits per heavy atom. The first-order valence-corrected chi connectivity index (χ1v) is 6.75. The number of rotatable bonds is 0. The van der Waals surface area contributed by atoms with Crippen molar-refractivity contribution in [3.8, 4) is 0 Å². The molecular formula is C15H20Zr. The molecule has 0 fully saturated rings. The maximum atomic E-state index is 3.19. The van der Waals surface area contributed by atoms with E-state index in [0.29, 0.717) is 0 Å². The third kappa shape index (κ3) is 10.2. The normalized spacial score (nSPS) is 15.6. The average molecular weight is 292 g/mol. The summed E-state index contributed by atoms with van der Waals surface area (Å²) in [6.07, 6.45) is 16.4. The van der Waals surface area contributed by atoms with Crippen LogP contribution < -0.4 is 0 Å². The van der Waals surface area contributed by atoms with Crippen molar-refractivity contribution in [3.63, 3.8) is 0 Å². The first-order valence-electron chi connectivity index (χ1n) is 5.52. The van der Waals surface area contributed by atoms with Gasteiger partial charge in [-0.1, -0.05) is 6.92 Å². The van der Waals surface area contributed by atoms with Crippen LogP contribution in [-0.4, -0.2) is 3.21 Å². The molecule has 0 aromatic rings. The van der Waals surface area contributed by atoms with Gasteiger partial charge in [-0.25, -0.2) is 23.3 Å². The van der Waals surface area contributed by atoms with Gasteiger partial charge in [-0.15, -0.1) is 19.8 Å². The maximum absolute atomic E-state index is 3.19. The zero-order valence-electron chi connectivity index (χ0n) is 10.7. The van der Waals surface area contributed by atoms with E-state index in [9.17, 15) is 0 Å². The van der Waals surface area contributed by atoms with E-state index < -0.39 is 0 Å². The summed E-state index contributed by atoms with van der Waals surface area (Å²) in [5, 5.41) is 0. The molecule has 0 amide bonds. The van der Waals surface area contributed by atoms with E-state index in [2.05, 4.69) is 52.0 Å². The van der Waals surface area contributed by atoms with Crippen LogP contribution in [-0.2, 0) is 24.2 Å². The molecule has 84 valence electrons. The van der Waals surface area contributed by atoms with Gasteiger partial charge in [0.2, 0.25) is 0 Å². The molecule has 0 aromatic carbocycles. The Morgan fingerprint density at radius 2 is 1.88 bits per heavy atom. The molecule has 16 heavy (non-hydrogen) atoms. The Bertz CT molecular complexity index is 297. The smallest absolute Gasteiger partial charge is 0.109 e. The summed E-state index contributed by atoms with van der Waals surface area (Å²) in [5.41, 5.74) is 2.71. The quantitative estimate of drug-likeness (QED) is 0.589. The van der Waals surface area contributed by atoms with Gasteiger partial charge in [-0.05, 0) is 0 Å². The molecule has 0 N–H and O–H groups in total. The third-order valence-electron chi connectivity index (χ3n) is 1.95. The van der Waals surface area contributed by atoms with E-state index in [1.165, 1.54) is 14.4 Å². The van der Waals surface area contributed by atoms with E-state index in [1.54, 1.807) is 24.2 Å². The van der Waals surface area contributed by atoms with E-state index in [-0.39, 0.29) is 0 Å². The Kier molecular flexibility index (Phi) is 9.73. The van der Waals surface area contributed by atoms with Crippen molar-refractivity contribution in [2.45, 2.75) is 40.5 Å². The van der Waals surface area contributed by atoms with E-state index in [4.69, 9.17) is 0 Å². The van der Waals surface area contributed by atoms with Gasteiger partial charge >= 0.3 is 41.3 Å². The fourth-order valence-corrected chi connectivity index (χ4v) is 0.990. The summed E-state index contributed by atoms with van der Waals surface area (Å²) in [7, 11) is 0. The molecular weight excluding hydrogens is 271 g/mol. The SMILES string of the molecule is CC1=[C-]CC=C1C.C[C](C)=[Zr+2].[C-]1=CC=CC1. The van der Waals surface area contributed by atoms with Crippen LogP contribution in [0.4, 0.5) is 0 Å². The van der Waals surface area contributed by atoms with Crippen LogP contribution in [0, 0.1) is 12.2 Å². The first-order chi connectivity index (χ1) is 7.54. The third-order valence-corrected chi connectivity index (χ3v) is 1.95. The number of allylic oxidation sites excluding steroid dienone is 8. The minimum atomic E-state index is 1.01. The van der Waals surface area contributed by atoms with Crippen LogP contribution in [0.1, 0.15) is 40.5 Å². The molecule has 0 spiro atoms. The largest absolute Gasteiger partial charge is 0.273 e. The van der Waals surface area contributed by atoms with Crippen LogP contribution >= 0.6 is 0 Å². The predicted octanol–water partition coefficient (Wildman–Crippen LogP) is 4.14. The maximum Gasteiger partial charge on any atom is -0.109 e. The van der Waals surface area contributed by atoms with Gasteiger partial charge in [0.1, 0.15) is 0 Å². The van der Waals surface area contributed by atoms with Crippen molar-refractivity contribution in [2.24, 2.45) is 0 Å². The summed E-state index contributed by atoms with van der Waals surface area (Å²) in [5.74, 6) is 0. The van der Waals surface area contributed by atoms with Crippen molar-refractivity contribution < 1.29 is 24.2 Å². The summed E-state index contributed by atoms with van der Waals surface area (Å²) in [6, 6.07) is 0. The second-order valence-corrected chi connectivity index (χ2v) is 6.35. The van der Waals surface area contributed by atoms with Crippen molar-refractivity contribution in [1.82, 2.24) is 0 Å². The molecule has 0 nitrogen and oxygen atoms in total. The first kappa shape index (κ1) is 15.7. The molecule has 2 aliphatic rings. The Hall–Kier alpha value is -0.287. The van der Waals surface area contributed by atoms with Gasteiger partial charge < -0.3 is 0 Å². The Morgan fingerprint density at radius 3 is 2.00 bits per heavy atom. The van der Waals surface area contributed by atoms with E-state index in [1.807, 2.05) is 12.2 Å². The number of hydrogen-bond donors (Lipinski definition) is 0. The second kappa shape index (κ2) is 9.91. The molecule has 0 radical (unpaired) electrons. The van der Waals surface area contributed by atoms with Crippen LogP contribution in [0.2, 0.25) is 0 Å². The molecule has 0 bridgehead atoms. The Balaban J connectivity index is 0.000000222. The van der Waals surface area contributed by atoms with Gasteiger partial charge in [-0.3, -0.25) is 12.2 Å². The van der Waals surface area contributed by atoms with Gasteiger partial charge in [0.25, 0.3) is 0 Å². The molecule has 0 unspecified atom stereocenters. The van der Waals surface area contributed by atoms with Crippen molar-refractivity contribution in [2.75, 3.05) is 0 Å². The van der Waals surface area contributed by atoms with Gasteiger partial charge in [-0.2, -0.15) is 12.2 Å². The van der Waals surface area contributed by atoms with E-state index in [0.717, 1.165) is 12.8 Å². The fourth-order valence-electron chi connectivity index (χ4n) is 0.990. The van der Waals surface area contributed by atoms with Crippen LogP contribution in [0.15, 0.2) is 35.5 Å². The topological polar surface area (TPSA) is 0 Å². The van der Waals surface area contributed by atoms with E-state index >= 15 is 0 Å². The molecule has 0 atom stereocenters. The monoisotopic (exact) mass is 290 g/mol. The summed E-state index contributed by atoms with van der Waals surface area (Å²) < 4.78 is 1.51. The molecule has 0 heterocycles. The summed E-state index contributed by atoms with van der Waals surface area (Å²) in [4.78, 5) is 0. The van der Waals surface area contributed by atoms with Gasteiger partial charge in [0, 0.05) is 0 Å². The summed E-state index contributed by atoms with van der Waals surface area (Å²) >= 11 is 1.55. The zero-order chi connectivity index (χ0) is 12.4. The predicted molar refractivity (Wildman–Crippen MR) is 68.7 cm³/mol. The zero-order valence-corrected chi connectivity index (χ0v) is 13.2. The molecule has 0 saturated carbocycles. The average Bonchev–Trinajstić information content (AvgIpc) is 2.81. The van der Waals surface area contributed by atoms with Crippen LogP contribution in [0.3, 0.4) is 0 Å². The molecule has 0 aromatic heterocycles. The molecule has 1 heteroatoms. The van der Waals surface area contributed by atoms with Gasteiger partial charge in [0.05, 0.1) is 0 Å². The fraction of sp³-hybridized carbons (Fsp3) is 0.400. The van der Waals surface area contributed by atoms with Gasteiger partial charge in [0.15, 0.2) is 0 Å². The molecule has 2 rings (SSSR count). The van der Waals surface area contributed by atoms with Crippen LogP contribution in [0.5, 0.6) is 0 Å². The van der Waals surface area contributed by atoms with Crippen molar-refractivity contribution in [1.29, 1.82) is 0 Å². The second-order valence-electron chi connectivity index (χ2n) is 3.90. The Labute approximate surface area is 115 Å². The van der Waals surface area contributed by atoms with Crippen LogP contribution in [0.25, 0.3) is 0 Å². The molecule has 0 aliphatic heterocycles. The summed E-state index contributed by atoms with van der Waals surface area (Å²) in [6.45, 7) is 8.46. The van der Waals surface area contributed by atoms with Crippen molar-refractivity contribution in [3.05, 3.63) is 47.6 Å². The molecule has 0 saturated heterocycles. The minimum Gasteiger partial charge on any atom is -0.273 e. The number of hydrogen-bond acceptors (Lipinski definition) is 0. The minimum absolute atomic E-state index is 1.01. The molecule has 2 aliphatic carbocycles.